The Labute approximate surface area is 96.5 Å². The van der Waals surface area contributed by atoms with E-state index in [9.17, 15) is 0 Å². The highest BCUT2D eigenvalue weighted by molar-refractivity contribution is 5.84. The molecule has 0 saturated heterocycles. The minimum Gasteiger partial charge on any atom is -0.496 e. The molecular weight excluding hydrogens is 202 g/mol. The molecule has 88 valence electrons. The average molecular weight is 221 g/mol. The minimum atomic E-state index is 0.667. The van der Waals surface area contributed by atoms with E-state index in [-0.39, 0.29) is 0 Å². The molecule has 4 nitrogen and oxygen atoms in total. The van der Waals surface area contributed by atoms with Crippen molar-refractivity contribution in [1.29, 1.82) is 0 Å². The fourth-order valence-electron chi connectivity index (χ4n) is 1.43. The van der Waals surface area contributed by atoms with Gasteiger partial charge in [-0.15, -0.1) is 0 Å². The van der Waals surface area contributed by atoms with Crippen molar-refractivity contribution in [2.24, 2.45) is 10.8 Å². The van der Waals surface area contributed by atoms with Crippen LogP contribution in [0.1, 0.15) is 18.9 Å². The number of amidine groups is 1. The third-order valence-electron chi connectivity index (χ3n) is 2.24. The maximum Gasteiger partial charge on any atom is 0.122 e. The first-order valence-electron chi connectivity index (χ1n) is 5.43. The van der Waals surface area contributed by atoms with Gasteiger partial charge in [-0.3, -0.25) is 4.99 Å². The van der Waals surface area contributed by atoms with Crippen molar-refractivity contribution in [1.82, 2.24) is 5.43 Å². The zero-order valence-corrected chi connectivity index (χ0v) is 9.86. The van der Waals surface area contributed by atoms with Gasteiger partial charge in [-0.2, -0.15) is 0 Å². The maximum atomic E-state index is 5.43. The number of nitrogens with two attached hydrogens (primary N) is 1. The Kier molecular flexibility index (Phi) is 5.36. The quantitative estimate of drug-likeness (QED) is 0.343. The van der Waals surface area contributed by atoms with Gasteiger partial charge in [0.05, 0.1) is 7.11 Å². The number of benzene rings is 1. The number of hydrogen-bond acceptors (Lipinski definition) is 3. The summed E-state index contributed by atoms with van der Waals surface area (Å²) in [6.07, 6.45) is 1.68. The topological polar surface area (TPSA) is 59.6 Å². The molecule has 0 aromatic heterocycles. The molecule has 0 bridgehead atoms. The SMILES string of the molecule is CCCN=C(Cc1ccccc1OC)NN. The van der Waals surface area contributed by atoms with Crippen LogP contribution < -0.4 is 16.0 Å². The largest absolute Gasteiger partial charge is 0.496 e. The number of hydrogen-bond donors (Lipinski definition) is 2. The van der Waals surface area contributed by atoms with Gasteiger partial charge in [0, 0.05) is 18.5 Å². The Morgan fingerprint density at radius 1 is 1.44 bits per heavy atom. The fraction of sp³-hybridized carbons (Fsp3) is 0.417. The second-order valence-corrected chi connectivity index (χ2v) is 3.46. The van der Waals surface area contributed by atoms with E-state index in [1.54, 1.807) is 7.11 Å². The summed E-state index contributed by atoms with van der Waals surface area (Å²) in [4.78, 5) is 4.36. The lowest BCUT2D eigenvalue weighted by atomic mass is 10.1. The molecule has 0 atom stereocenters. The van der Waals surface area contributed by atoms with Crippen molar-refractivity contribution in [3.8, 4) is 5.75 Å². The molecule has 16 heavy (non-hydrogen) atoms. The summed E-state index contributed by atoms with van der Waals surface area (Å²) >= 11 is 0. The number of hydrazine groups is 1. The van der Waals surface area contributed by atoms with Gasteiger partial charge >= 0.3 is 0 Å². The molecule has 1 aromatic carbocycles. The normalized spacial score (nSPS) is 11.3. The van der Waals surface area contributed by atoms with Gasteiger partial charge in [0.1, 0.15) is 11.6 Å². The molecule has 4 heteroatoms. The molecule has 0 saturated carbocycles. The van der Waals surface area contributed by atoms with Gasteiger partial charge in [-0.1, -0.05) is 25.1 Å². The predicted octanol–water partition coefficient (Wildman–Crippen LogP) is 1.51. The summed E-state index contributed by atoms with van der Waals surface area (Å²) in [6.45, 7) is 2.87. The summed E-state index contributed by atoms with van der Waals surface area (Å²) in [5.41, 5.74) is 3.71. The smallest absolute Gasteiger partial charge is 0.122 e. The van der Waals surface area contributed by atoms with Crippen LogP contribution in [0.5, 0.6) is 5.75 Å². The third kappa shape index (κ3) is 3.55. The van der Waals surface area contributed by atoms with Crippen LogP contribution in [-0.4, -0.2) is 19.5 Å². The molecule has 1 rings (SSSR count). The highest BCUT2D eigenvalue weighted by atomic mass is 16.5. The Morgan fingerprint density at radius 2 is 2.19 bits per heavy atom. The zero-order chi connectivity index (χ0) is 11.8. The monoisotopic (exact) mass is 221 g/mol. The number of nitrogens with one attached hydrogen (secondary N) is 1. The van der Waals surface area contributed by atoms with E-state index in [1.807, 2.05) is 24.3 Å². The van der Waals surface area contributed by atoms with Crippen LogP contribution in [-0.2, 0) is 6.42 Å². The molecule has 0 aliphatic rings. The summed E-state index contributed by atoms with van der Waals surface area (Å²) in [5.74, 6) is 7.08. The van der Waals surface area contributed by atoms with E-state index in [2.05, 4.69) is 17.3 Å². The van der Waals surface area contributed by atoms with Crippen molar-refractivity contribution in [3.05, 3.63) is 29.8 Å². The van der Waals surface area contributed by atoms with Gasteiger partial charge in [0.25, 0.3) is 0 Å². The molecule has 0 amide bonds. The van der Waals surface area contributed by atoms with Gasteiger partial charge in [-0.25, -0.2) is 5.84 Å². The third-order valence-corrected chi connectivity index (χ3v) is 2.24. The standard InChI is InChI=1S/C12H19N3O/c1-3-8-14-12(15-13)9-10-6-4-5-7-11(10)16-2/h4-7H,3,8-9,13H2,1-2H3,(H,14,15). The second kappa shape index (κ2) is 6.85. The molecule has 3 N–H and O–H groups in total. The predicted molar refractivity (Wildman–Crippen MR) is 66.6 cm³/mol. The van der Waals surface area contributed by atoms with E-state index in [1.165, 1.54) is 0 Å². The molecule has 0 spiro atoms. The highest BCUT2D eigenvalue weighted by Gasteiger charge is 2.04. The average Bonchev–Trinajstić information content (AvgIpc) is 2.34. The van der Waals surface area contributed by atoms with Crippen LogP contribution >= 0.6 is 0 Å². The first-order chi connectivity index (χ1) is 7.81. The molecule has 0 aliphatic heterocycles. The van der Waals surface area contributed by atoms with Gasteiger partial charge in [0.15, 0.2) is 0 Å². The molecule has 0 radical (unpaired) electrons. The van der Waals surface area contributed by atoms with E-state index in [4.69, 9.17) is 10.6 Å². The lowest BCUT2D eigenvalue weighted by Gasteiger charge is -2.09. The zero-order valence-electron chi connectivity index (χ0n) is 9.86. The molecular formula is C12H19N3O. The van der Waals surface area contributed by atoms with Crippen molar-refractivity contribution in [2.75, 3.05) is 13.7 Å². The van der Waals surface area contributed by atoms with Gasteiger partial charge < -0.3 is 10.2 Å². The Hall–Kier alpha value is -1.55. The van der Waals surface area contributed by atoms with Crippen LogP contribution in [0, 0.1) is 0 Å². The summed E-state index contributed by atoms with van der Waals surface area (Å²) in [6, 6.07) is 7.87. The molecule has 0 aliphatic carbocycles. The Morgan fingerprint density at radius 3 is 2.81 bits per heavy atom. The van der Waals surface area contributed by atoms with Crippen LogP contribution in [0.2, 0.25) is 0 Å². The van der Waals surface area contributed by atoms with Crippen molar-refractivity contribution in [2.45, 2.75) is 19.8 Å². The molecule has 0 heterocycles. The molecule has 0 fully saturated rings. The lowest BCUT2D eigenvalue weighted by Crippen LogP contribution is -2.32. The summed E-state index contributed by atoms with van der Waals surface area (Å²) in [7, 11) is 1.66. The van der Waals surface area contributed by atoms with Crippen molar-refractivity contribution < 1.29 is 4.74 Å². The molecule has 0 unspecified atom stereocenters. The van der Waals surface area contributed by atoms with E-state index >= 15 is 0 Å². The van der Waals surface area contributed by atoms with Crippen LogP contribution in [0.25, 0.3) is 0 Å². The lowest BCUT2D eigenvalue weighted by molar-refractivity contribution is 0.411. The Balaban J connectivity index is 2.77. The fourth-order valence-corrected chi connectivity index (χ4v) is 1.43. The van der Waals surface area contributed by atoms with E-state index in [0.29, 0.717) is 6.42 Å². The number of rotatable bonds is 5. The number of aliphatic imine (C=N–C) groups is 1. The molecule has 1 aromatic rings. The summed E-state index contributed by atoms with van der Waals surface area (Å²) in [5, 5.41) is 0. The van der Waals surface area contributed by atoms with E-state index in [0.717, 1.165) is 30.1 Å². The number of methoxy groups -OCH3 is 1. The maximum absolute atomic E-state index is 5.43. The Bertz CT molecular complexity index is 350. The van der Waals surface area contributed by atoms with Crippen molar-refractivity contribution in [3.63, 3.8) is 0 Å². The number of nitrogens with zero attached hydrogens (tertiary/aromatic N) is 1. The number of ether oxygens (including phenoxy) is 1. The van der Waals surface area contributed by atoms with E-state index < -0.39 is 0 Å². The van der Waals surface area contributed by atoms with Crippen LogP contribution in [0.3, 0.4) is 0 Å². The van der Waals surface area contributed by atoms with Crippen molar-refractivity contribution >= 4 is 5.84 Å². The first kappa shape index (κ1) is 12.5. The first-order valence-corrected chi connectivity index (χ1v) is 5.43. The second-order valence-electron chi connectivity index (χ2n) is 3.46. The number of para-hydroxylation sites is 1. The van der Waals surface area contributed by atoms with Crippen LogP contribution in [0.15, 0.2) is 29.3 Å². The van der Waals surface area contributed by atoms with Gasteiger partial charge in [-0.05, 0) is 12.5 Å². The van der Waals surface area contributed by atoms with Crippen LogP contribution in [0.4, 0.5) is 0 Å². The minimum absolute atomic E-state index is 0.667. The summed E-state index contributed by atoms with van der Waals surface area (Å²) < 4.78 is 5.27. The van der Waals surface area contributed by atoms with Gasteiger partial charge in [0.2, 0.25) is 0 Å². The highest BCUT2D eigenvalue weighted by Crippen LogP contribution is 2.17.